The van der Waals surface area contributed by atoms with E-state index in [9.17, 15) is 0 Å². The molecule has 0 aromatic heterocycles. The topological polar surface area (TPSA) is 0 Å². The van der Waals surface area contributed by atoms with Gasteiger partial charge in [0.2, 0.25) is 0 Å². The van der Waals surface area contributed by atoms with E-state index in [-0.39, 0.29) is 0 Å². The molecule has 74 valence electrons. The summed E-state index contributed by atoms with van der Waals surface area (Å²) in [5.74, 6) is 1.55. The van der Waals surface area contributed by atoms with E-state index in [1.807, 2.05) is 0 Å². The lowest BCUT2D eigenvalue weighted by Gasteiger charge is -1.96. The lowest BCUT2D eigenvalue weighted by Crippen LogP contribution is -1.82. The van der Waals surface area contributed by atoms with Crippen molar-refractivity contribution in [3.8, 4) is 0 Å². The fraction of sp³-hybridized carbons (Fsp3) is 0.692. The molecule has 0 atom stereocenters. The first-order valence-corrected chi connectivity index (χ1v) is 5.59. The van der Waals surface area contributed by atoms with Gasteiger partial charge in [0.05, 0.1) is 0 Å². The minimum absolute atomic E-state index is 0.703. The summed E-state index contributed by atoms with van der Waals surface area (Å²) in [5, 5.41) is 0. The maximum atomic E-state index is 2.35. The van der Waals surface area contributed by atoms with Crippen LogP contribution in [0.2, 0.25) is 0 Å². The molecule has 0 spiro atoms. The highest BCUT2D eigenvalue weighted by atomic mass is 14.4. The van der Waals surface area contributed by atoms with Gasteiger partial charge in [0, 0.05) is 5.92 Å². The van der Waals surface area contributed by atoms with Gasteiger partial charge in [0.25, 0.3) is 0 Å². The van der Waals surface area contributed by atoms with Crippen molar-refractivity contribution in [1.29, 1.82) is 0 Å². The van der Waals surface area contributed by atoms with Crippen LogP contribution >= 0.6 is 0 Å². The molecule has 0 aromatic rings. The molecule has 0 bridgehead atoms. The van der Waals surface area contributed by atoms with Gasteiger partial charge in [-0.1, -0.05) is 51.0 Å². The van der Waals surface area contributed by atoms with Crippen molar-refractivity contribution in [3.05, 3.63) is 23.3 Å². The van der Waals surface area contributed by atoms with Gasteiger partial charge in [-0.05, 0) is 25.2 Å². The zero-order valence-electron chi connectivity index (χ0n) is 9.43. The SMILES string of the molecule is CCC1=C(CC)C1CC=CC(C)C. The van der Waals surface area contributed by atoms with Crippen LogP contribution in [0.1, 0.15) is 47.0 Å². The molecule has 0 aliphatic heterocycles. The van der Waals surface area contributed by atoms with E-state index in [2.05, 4.69) is 39.8 Å². The first-order valence-electron chi connectivity index (χ1n) is 5.59. The number of rotatable bonds is 5. The normalized spacial score (nSPS) is 17.9. The van der Waals surface area contributed by atoms with Crippen LogP contribution in [-0.4, -0.2) is 0 Å². The van der Waals surface area contributed by atoms with Crippen LogP contribution in [0.25, 0.3) is 0 Å². The van der Waals surface area contributed by atoms with Gasteiger partial charge in [-0.25, -0.2) is 0 Å². The average Bonchev–Trinajstić information content (AvgIpc) is 2.76. The van der Waals surface area contributed by atoms with Crippen LogP contribution in [0, 0.1) is 11.8 Å². The largest absolute Gasteiger partial charge is 0.0874 e. The van der Waals surface area contributed by atoms with Crippen molar-refractivity contribution in [2.75, 3.05) is 0 Å². The Labute approximate surface area is 82.7 Å². The number of hydrogen-bond donors (Lipinski definition) is 0. The Balaban J connectivity index is 2.28. The first-order chi connectivity index (χ1) is 6.20. The summed E-state index contributed by atoms with van der Waals surface area (Å²) in [7, 11) is 0. The molecule has 1 aliphatic carbocycles. The summed E-state index contributed by atoms with van der Waals surface area (Å²) in [6, 6.07) is 0. The van der Waals surface area contributed by atoms with E-state index in [1.54, 1.807) is 11.1 Å². The van der Waals surface area contributed by atoms with Gasteiger partial charge in [0.15, 0.2) is 0 Å². The van der Waals surface area contributed by atoms with Crippen molar-refractivity contribution in [3.63, 3.8) is 0 Å². The molecular formula is C13H22. The quantitative estimate of drug-likeness (QED) is 0.549. The third-order valence-electron chi connectivity index (χ3n) is 2.82. The molecule has 0 heteroatoms. The van der Waals surface area contributed by atoms with E-state index >= 15 is 0 Å². The predicted molar refractivity (Wildman–Crippen MR) is 59.7 cm³/mol. The summed E-state index contributed by atoms with van der Waals surface area (Å²) >= 11 is 0. The molecule has 0 N–H and O–H groups in total. The highest BCUT2D eigenvalue weighted by Gasteiger charge is 2.31. The highest BCUT2D eigenvalue weighted by molar-refractivity contribution is 5.41. The van der Waals surface area contributed by atoms with Crippen LogP contribution in [0.4, 0.5) is 0 Å². The van der Waals surface area contributed by atoms with Crippen LogP contribution in [-0.2, 0) is 0 Å². The van der Waals surface area contributed by atoms with Gasteiger partial charge in [-0.15, -0.1) is 0 Å². The third kappa shape index (κ3) is 2.72. The summed E-state index contributed by atoms with van der Waals surface area (Å²) in [5.41, 5.74) is 3.46. The lowest BCUT2D eigenvalue weighted by atomic mass is 10.1. The molecule has 0 saturated carbocycles. The fourth-order valence-corrected chi connectivity index (χ4v) is 2.10. The van der Waals surface area contributed by atoms with Crippen molar-refractivity contribution in [2.24, 2.45) is 11.8 Å². The number of allylic oxidation sites excluding steroid dienone is 4. The average molecular weight is 178 g/mol. The molecule has 0 heterocycles. The molecule has 0 amide bonds. The Bertz CT molecular complexity index is 204. The smallest absolute Gasteiger partial charge is 0.00470 e. The van der Waals surface area contributed by atoms with E-state index in [4.69, 9.17) is 0 Å². The second-order valence-corrected chi connectivity index (χ2v) is 4.22. The minimum atomic E-state index is 0.703. The zero-order valence-corrected chi connectivity index (χ0v) is 9.43. The molecule has 13 heavy (non-hydrogen) atoms. The Morgan fingerprint density at radius 3 is 2.08 bits per heavy atom. The van der Waals surface area contributed by atoms with Gasteiger partial charge in [-0.2, -0.15) is 0 Å². The van der Waals surface area contributed by atoms with E-state index in [0.29, 0.717) is 5.92 Å². The standard InChI is InChI=1S/C13H22/c1-5-11-12(6-2)13(11)9-7-8-10(3)4/h7-8,10,13H,5-6,9H2,1-4H3. The summed E-state index contributed by atoms with van der Waals surface area (Å²) in [6.07, 6.45) is 8.46. The Kier molecular flexibility index (Phi) is 3.77. The van der Waals surface area contributed by atoms with Gasteiger partial charge in [0.1, 0.15) is 0 Å². The molecule has 0 radical (unpaired) electrons. The van der Waals surface area contributed by atoms with Crippen molar-refractivity contribution >= 4 is 0 Å². The molecule has 1 rings (SSSR count). The molecule has 1 aliphatic rings. The highest BCUT2D eigenvalue weighted by Crippen LogP contribution is 2.45. The van der Waals surface area contributed by atoms with E-state index in [1.165, 1.54) is 19.3 Å². The zero-order chi connectivity index (χ0) is 9.84. The summed E-state index contributed by atoms with van der Waals surface area (Å²) in [6.45, 7) is 9.02. The van der Waals surface area contributed by atoms with E-state index < -0.39 is 0 Å². The Morgan fingerprint density at radius 2 is 1.69 bits per heavy atom. The Hall–Kier alpha value is -0.520. The van der Waals surface area contributed by atoms with Gasteiger partial charge >= 0.3 is 0 Å². The van der Waals surface area contributed by atoms with Crippen LogP contribution < -0.4 is 0 Å². The fourth-order valence-electron chi connectivity index (χ4n) is 2.10. The summed E-state index contributed by atoms with van der Waals surface area (Å²) in [4.78, 5) is 0. The lowest BCUT2D eigenvalue weighted by molar-refractivity contribution is 0.795. The summed E-state index contributed by atoms with van der Waals surface area (Å²) < 4.78 is 0. The van der Waals surface area contributed by atoms with Crippen molar-refractivity contribution in [1.82, 2.24) is 0 Å². The Morgan fingerprint density at radius 1 is 1.15 bits per heavy atom. The first kappa shape index (κ1) is 10.6. The minimum Gasteiger partial charge on any atom is -0.0874 e. The number of hydrogen-bond acceptors (Lipinski definition) is 0. The molecule has 0 fully saturated rings. The van der Waals surface area contributed by atoms with Gasteiger partial charge in [-0.3, -0.25) is 0 Å². The predicted octanol–water partition coefficient (Wildman–Crippen LogP) is 4.34. The third-order valence-corrected chi connectivity index (χ3v) is 2.82. The van der Waals surface area contributed by atoms with Crippen LogP contribution in [0.15, 0.2) is 23.3 Å². The second kappa shape index (κ2) is 4.64. The van der Waals surface area contributed by atoms with E-state index in [0.717, 1.165) is 5.92 Å². The maximum Gasteiger partial charge on any atom is 0.00470 e. The monoisotopic (exact) mass is 178 g/mol. The van der Waals surface area contributed by atoms with Crippen LogP contribution in [0.5, 0.6) is 0 Å². The molecular weight excluding hydrogens is 156 g/mol. The molecule has 0 unspecified atom stereocenters. The maximum absolute atomic E-state index is 2.35. The molecule has 0 aromatic carbocycles. The van der Waals surface area contributed by atoms with Gasteiger partial charge < -0.3 is 0 Å². The van der Waals surface area contributed by atoms with Crippen LogP contribution in [0.3, 0.4) is 0 Å². The molecule has 0 saturated heterocycles. The molecule has 0 nitrogen and oxygen atoms in total. The second-order valence-electron chi connectivity index (χ2n) is 4.22. The van der Waals surface area contributed by atoms with Crippen molar-refractivity contribution in [2.45, 2.75) is 47.0 Å². The van der Waals surface area contributed by atoms with Crippen molar-refractivity contribution < 1.29 is 0 Å².